The molecule has 3 heterocycles. The smallest absolute Gasteiger partial charge is 0.274 e. The van der Waals surface area contributed by atoms with E-state index in [1.165, 1.54) is 5.69 Å². The van der Waals surface area contributed by atoms with Gasteiger partial charge in [-0.15, -0.1) is 0 Å². The van der Waals surface area contributed by atoms with E-state index in [-0.39, 0.29) is 5.91 Å². The van der Waals surface area contributed by atoms with Crippen LogP contribution < -0.4 is 4.90 Å². The number of para-hydroxylation sites is 1. The highest BCUT2D eigenvalue weighted by Gasteiger charge is 2.26. The summed E-state index contributed by atoms with van der Waals surface area (Å²) in [7, 11) is 1.85. The number of hydrogen-bond acceptors (Lipinski definition) is 4. The van der Waals surface area contributed by atoms with Crippen molar-refractivity contribution in [3.63, 3.8) is 0 Å². The normalized spacial score (nSPS) is 17.2. The van der Waals surface area contributed by atoms with E-state index in [0.29, 0.717) is 17.3 Å². The Morgan fingerprint density at radius 1 is 1.28 bits per heavy atom. The van der Waals surface area contributed by atoms with Gasteiger partial charge in [-0.25, -0.2) is 9.50 Å². The topological polar surface area (TPSA) is 53.7 Å². The molecular weight excluding hydrogens is 314 g/mol. The molecule has 25 heavy (non-hydrogen) atoms. The van der Waals surface area contributed by atoms with Crippen molar-refractivity contribution in [2.24, 2.45) is 5.92 Å². The number of nitrogens with zero attached hydrogens (tertiary/aromatic N) is 5. The van der Waals surface area contributed by atoms with Gasteiger partial charge in [-0.3, -0.25) is 4.79 Å². The monoisotopic (exact) mass is 335 g/mol. The lowest BCUT2D eigenvalue weighted by Gasteiger charge is -2.22. The minimum absolute atomic E-state index is 0.0522. The van der Waals surface area contributed by atoms with Gasteiger partial charge >= 0.3 is 0 Å². The van der Waals surface area contributed by atoms with Crippen LogP contribution in [0, 0.1) is 5.92 Å². The Morgan fingerprint density at radius 3 is 2.92 bits per heavy atom. The number of amides is 1. The number of carbonyl (C=O) groups is 1. The lowest BCUT2D eigenvalue weighted by atomic mass is 10.1. The number of anilines is 1. The molecule has 1 saturated heterocycles. The summed E-state index contributed by atoms with van der Waals surface area (Å²) >= 11 is 0. The van der Waals surface area contributed by atoms with Gasteiger partial charge in [0.05, 0.1) is 0 Å². The molecule has 1 amide bonds. The fourth-order valence-corrected chi connectivity index (χ4v) is 3.46. The number of rotatable bonds is 4. The maximum absolute atomic E-state index is 12.7. The maximum atomic E-state index is 12.7. The van der Waals surface area contributed by atoms with Crippen LogP contribution in [-0.4, -0.2) is 52.1 Å². The van der Waals surface area contributed by atoms with E-state index in [1.807, 2.05) is 13.1 Å². The predicted octanol–water partition coefficient (Wildman–Crippen LogP) is 2.33. The Balaban J connectivity index is 1.40. The molecule has 128 valence electrons. The molecule has 0 bridgehead atoms. The summed E-state index contributed by atoms with van der Waals surface area (Å²) in [5.74, 6) is 0.424. The van der Waals surface area contributed by atoms with Crippen molar-refractivity contribution in [2.75, 3.05) is 31.6 Å². The molecule has 2 aromatic heterocycles. The van der Waals surface area contributed by atoms with Gasteiger partial charge in [0, 0.05) is 50.8 Å². The second-order valence-electron chi connectivity index (χ2n) is 6.57. The average Bonchev–Trinajstić information content (AvgIpc) is 3.28. The molecule has 6 heteroatoms. The van der Waals surface area contributed by atoms with Crippen molar-refractivity contribution >= 4 is 17.2 Å². The first-order valence-corrected chi connectivity index (χ1v) is 8.56. The maximum Gasteiger partial charge on any atom is 0.274 e. The van der Waals surface area contributed by atoms with Crippen LogP contribution in [-0.2, 0) is 0 Å². The largest absolute Gasteiger partial charge is 0.371 e. The zero-order valence-electron chi connectivity index (χ0n) is 14.2. The van der Waals surface area contributed by atoms with E-state index < -0.39 is 0 Å². The van der Waals surface area contributed by atoms with E-state index in [1.54, 1.807) is 33.9 Å². The quantitative estimate of drug-likeness (QED) is 0.734. The first-order valence-electron chi connectivity index (χ1n) is 8.56. The van der Waals surface area contributed by atoms with Gasteiger partial charge in [0.25, 0.3) is 5.91 Å². The minimum Gasteiger partial charge on any atom is -0.371 e. The van der Waals surface area contributed by atoms with Gasteiger partial charge in [0.1, 0.15) is 0 Å². The number of fused-ring (bicyclic) bond motifs is 1. The third-order valence-corrected chi connectivity index (χ3v) is 4.74. The van der Waals surface area contributed by atoms with E-state index >= 15 is 0 Å². The molecule has 1 aliphatic heterocycles. The summed E-state index contributed by atoms with van der Waals surface area (Å²) in [6.07, 6.45) is 4.60. The van der Waals surface area contributed by atoms with E-state index in [9.17, 15) is 4.79 Å². The van der Waals surface area contributed by atoms with E-state index in [2.05, 4.69) is 39.2 Å². The molecule has 0 N–H and O–H groups in total. The third-order valence-electron chi connectivity index (χ3n) is 4.74. The van der Waals surface area contributed by atoms with E-state index in [0.717, 1.165) is 26.1 Å². The van der Waals surface area contributed by atoms with Crippen LogP contribution in [0.3, 0.4) is 0 Å². The molecule has 1 aromatic carbocycles. The van der Waals surface area contributed by atoms with Crippen molar-refractivity contribution in [1.29, 1.82) is 0 Å². The Kier molecular flexibility index (Phi) is 4.09. The van der Waals surface area contributed by atoms with Crippen LogP contribution in [0.25, 0.3) is 5.65 Å². The molecule has 4 rings (SSSR count). The Labute approximate surface area is 146 Å². The molecule has 0 aliphatic carbocycles. The van der Waals surface area contributed by atoms with Crippen LogP contribution in [0.1, 0.15) is 16.9 Å². The molecule has 0 radical (unpaired) electrons. The molecule has 6 nitrogen and oxygen atoms in total. The van der Waals surface area contributed by atoms with Crippen LogP contribution in [0.4, 0.5) is 5.69 Å². The van der Waals surface area contributed by atoms with Crippen molar-refractivity contribution in [1.82, 2.24) is 19.5 Å². The molecule has 0 spiro atoms. The van der Waals surface area contributed by atoms with Crippen molar-refractivity contribution in [3.8, 4) is 0 Å². The lowest BCUT2D eigenvalue weighted by molar-refractivity contribution is 0.0770. The van der Waals surface area contributed by atoms with Gasteiger partial charge in [0.15, 0.2) is 11.3 Å². The Morgan fingerprint density at radius 2 is 2.12 bits per heavy atom. The number of carbonyl (C=O) groups excluding carboxylic acids is 1. The predicted molar refractivity (Wildman–Crippen MR) is 96.7 cm³/mol. The van der Waals surface area contributed by atoms with Gasteiger partial charge in [0.2, 0.25) is 0 Å². The molecular formula is C19H21N5O. The summed E-state index contributed by atoms with van der Waals surface area (Å²) in [6, 6.07) is 14.0. The zero-order valence-corrected chi connectivity index (χ0v) is 14.2. The first kappa shape index (κ1) is 15.6. The SMILES string of the molecule is CN(C[C@@H]1CCN(c2ccccc2)C1)C(=O)c1cc2ncccn2n1. The lowest BCUT2D eigenvalue weighted by Crippen LogP contribution is -2.33. The zero-order chi connectivity index (χ0) is 17.2. The second-order valence-corrected chi connectivity index (χ2v) is 6.57. The first-order chi connectivity index (χ1) is 12.2. The van der Waals surface area contributed by atoms with Gasteiger partial charge in [-0.05, 0) is 30.5 Å². The Bertz CT molecular complexity index is 843. The second kappa shape index (κ2) is 6.55. The molecule has 1 fully saturated rings. The van der Waals surface area contributed by atoms with Crippen LogP contribution in [0.2, 0.25) is 0 Å². The van der Waals surface area contributed by atoms with Crippen molar-refractivity contribution < 1.29 is 4.79 Å². The molecule has 0 saturated carbocycles. The highest BCUT2D eigenvalue weighted by atomic mass is 16.2. The Hall–Kier alpha value is -2.89. The van der Waals surface area contributed by atoms with E-state index in [4.69, 9.17) is 0 Å². The van der Waals surface area contributed by atoms with Crippen molar-refractivity contribution in [3.05, 3.63) is 60.6 Å². The highest BCUT2D eigenvalue weighted by Crippen LogP contribution is 2.24. The summed E-state index contributed by atoms with van der Waals surface area (Å²) in [5.41, 5.74) is 2.39. The van der Waals surface area contributed by atoms with Crippen LogP contribution in [0.15, 0.2) is 54.9 Å². The molecule has 1 aliphatic rings. The third kappa shape index (κ3) is 3.20. The summed E-state index contributed by atoms with van der Waals surface area (Å²) in [6.45, 7) is 2.76. The average molecular weight is 335 g/mol. The molecule has 3 aromatic rings. The highest BCUT2D eigenvalue weighted by molar-refractivity contribution is 5.93. The number of benzene rings is 1. The van der Waals surface area contributed by atoms with Gasteiger partial charge in [-0.1, -0.05) is 18.2 Å². The number of aromatic nitrogens is 3. The molecule has 0 unspecified atom stereocenters. The number of hydrogen-bond donors (Lipinski definition) is 0. The summed E-state index contributed by atoms with van der Waals surface area (Å²) < 4.78 is 1.63. The molecule has 1 atom stereocenters. The van der Waals surface area contributed by atoms with Crippen LogP contribution >= 0.6 is 0 Å². The fraction of sp³-hybridized carbons (Fsp3) is 0.316. The van der Waals surface area contributed by atoms with Gasteiger partial charge < -0.3 is 9.80 Å². The van der Waals surface area contributed by atoms with Crippen LogP contribution in [0.5, 0.6) is 0 Å². The summed E-state index contributed by atoms with van der Waals surface area (Å²) in [5, 5.41) is 4.32. The minimum atomic E-state index is -0.0522. The summed E-state index contributed by atoms with van der Waals surface area (Å²) in [4.78, 5) is 21.0. The van der Waals surface area contributed by atoms with Gasteiger partial charge in [-0.2, -0.15) is 5.10 Å². The van der Waals surface area contributed by atoms with Crippen molar-refractivity contribution in [2.45, 2.75) is 6.42 Å². The standard InChI is InChI=1S/C19H21N5O/c1-22(19(25)17-12-18-20-9-5-10-24(18)21-17)13-15-8-11-23(14-15)16-6-3-2-4-7-16/h2-7,9-10,12,15H,8,11,13-14H2,1H3/t15-/m0/s1. The fourth-order valence-electron chi connectivity index (χ4n) is 3.46.